The highest BCUT2D eigenvalue weighted by Gasteiger charge is 2.59. The zero-order valence-electron chi connectivity index (χ0n) is 12.5. The van der Waals surface area contributed by atoms with Crippen LogP contribution >= 0.6 is 0 Å². The van der Waals surface area contributed by atoms with Gasteiger partial charge in [-0.3, -0.25) is 0 Å². The van der Waals surface area contributed by atoms with Gasteiger partial charge in [-0.15, -0.1) is 0 Å². The first-order valence-corrected chi connectivity index (χ1v) is 6.75. The molecule has 7 heteroatoms. The van der Waals surface area contributed by atoms with E-state index in [1.807, 2.05) is 13.8 Å². The fraction of sp³-hybridized carbons (Fsp3) is 0.600. The minimum atomic E-state index is -5.70. The van der Waals surface area contributed by atoms with E-state index in [-0.39, 0.29) is 11.5 Å². The second-order valence-electron chi connectivity index (χ2n) is 5.88. The first-order chi connectivity index (χ1) is 9.85. The predicted octanol–water partition coefficient (Wildman–Crippen LogP) is 4.52. The Balaban J connectivity index is 2.85. The van der Waals surface area contributed by atoms with E-state index in [4.69, 9.17) is 4.74 Å². The molecule has 2 nitrogen and oxygen atoms in total. The minimum Gasteiger partial charge on any atom is -0.493 e. The average Bonchev–Trinajstić information content (AvgIpc) is 2.34. The SMILES string of the molecule is CC(C)COc1ccc(C(C)(O)CC(F)(F)C(F)(F)F)cc1. The maximum Gasteiger partial charge on any atom is 0.453 e. The average molecular weight is 326 g/mol. The van der Waals surface area contributed by atoms with E-state index < -0.39 is 24.1 Å². The standard InChI is InChI=1S/C15H19F5O2/c1-10(2)8-22-12-6-4-11(5-7-12)13(3,21)9-14(16,17)15(18,19)20/h4-7,10,21H,8-9H2,1-3H3. The summed E-state index contributed by atoms with van der Waals surface area (Å²) >= 11 is 0. The molecule has 0 aromatic heterocycles. The van der Waals surface area contributed by atoms with Crippen LogP contribution in [0.25, 0.3) is 0 Å². The Morgan fingerprint density at radius 3 is 1.95 bits per heavy atom. The van der Waals surface area contributed by atoms with Crippen molar-refractivity contribution in [3.63, 3.8) is 0 Å². The Bertz CT molecular complexity index is 478. The number of hydrogen-bond donors (Lipinski definition) is 1. The van der Waals surface area contributed by atoms with Crippen LogP contribution < -0.4 is 4.74 Å². The lowest BCUT2D eigenvalue weighted by Crippen LogP contribution is -2.42. The number of hydrogen-bond acceptors (Lipinski definition) is 2. The summed E-state index contributed by atoms with van der Waals surface area (Å²) in [7, 11) is 0. The Labute approximate surface area is 125 Å². The van der Waals surface area contributed by atoms with Crippen LogP contribution in [0.5, 0.6) is 5.75 Å². The summed E-state index contributed by atoms with van der Waals surface area (Å²) < 4.78 is 68.3. The van der Waals surface area contributed by atoms with Gasteiger partial charge in [0.1, 0.15) is 5.75 Å². The molecule has 1 atom stereocenters. The van der Waals surface area contributed by atoms with Gasteiger partial charge in [0.2, 0.25) is 0 Å². The number of benzene rings is 1. The summed E-state index contributed by atoms with van der Waals surface area (Å²) in [6.45, 7) is 5.26. The molecule has 0 saturated carbocycles. The summed E-state index contributed by atoms with van der Waals surface area (Å²) in [5.74, 6) is -4.23. The van der Waals surface area contributed by atoms with Crippen LogP contribution in [0, 0.1) is 5.92 Å². The summed E-state index contributed by atoms with van der Waals surface area (Å²) in [5.41, 5.74) is -2.34. The highest BCUT2D eigenvalue weighted by atomic mass is 19.4. The van der Waals surface area contributed by atoms with Crippen LogP contribution in [0.3, 0.4) is 0 Å². The maximum atomic E-state index is 13.1. The van der Waals surface area contributed by atoms with Crippen LogP contribution in [-0.4, -0.2) is 23.8 Å². The lowest BCUT2D eigenvalue weighted by atomic mass is 9.89. The molecule has 1 aromatic carbocycles. The van der Waals surface area contributed by atoms with Crippen molar-refractivity contribution in [1.82, 2.24) is 0 Å². The van der Waals surface area contributed by atoms with Gasteiger partial charge < -0.3 is 9.84 Å². The number of aliphatic hydroxyl groups is 1. The summed E-state index contributed by atoms with van der Waals surface area (Å²) in [5, 5.41) is 9.97. The third-order valence-corrected chi connectivity index (χ3v) is 3.04. The van der Waals surface area contributed by atoms with E-state index in [2.05, 4.69) is 0 Å². The van der Waals surface area contributed by atoms with Crippen LogP contribution in [0.1, 0.15) is 32.8 Å². The zero-order chi connectivity index (χ0) is 17.2. The zero-order valence-corrected chi connectivity index (χ0v) is 12.5. The molecule has 22 heavy (non-hydrogen) atoms. The predicted molar refractivity (Wildman–Crippen MR) is 72.0 cm³/mol. The topological polar surface area (TPSA) is 29.5 Å². The Morgan fingerprint density at radius 2 is 1.55 bits per heavy atom. The largest absolute Gasteiger partial charge is 0.493 e. The Morgan fingerprint density at radius 1 is 1.05 bits per heavy atom. The summed E-state index contributed by atoms with van der Waals surface area (Å²) in [6.07, 6.45) is -7.44. The van der Waals surface area contributed by atoms with Gasteiger partial charge in [0.15, 0.2) is 0 Å². The quantitative estimate of drug-likeness (QED) is 0.779. The highest BCUT2D eigenvalue weighted by Crippen LogP contribution is 2.43. The first kappa shape index (κ1) is 18.7. The number of ether oxygens (including phenoxy) is 1. The molecule has 0 aliphatic rings. The Kier molecular flexibility index (Phi) is 5.43. The molecule has 0 saturated heterocycles. The van der Waals surface area contributed by atoms with E-state index in [9.17, 15) is 27.1 Å². The monoisotopic (exact) mass is 326 g/mol. The van der Waals surface area contributed by atoms with Gasteiger partial charge in [0.05, 0.1) is 18.6 Å². The molecule has 0 aliphatic heterocycles. The summed E-state index contributed by atoms with van der Waals surface area (Å²) in [4.78, 5) is 0. The normalized spacial score (nSPS) is 15.7. The van der Waals surface area contributed by atoms with E-state index >= 15 is 0 Å². The van der Waals surface area contributed by atoms with Gasteiger partial charge in [-0.05, 0) is 30.5 Å². The van der Waals surface area contributed by atoms with Crippen molar-refractivity contribution in [2.45, 2.75) is 44.9 Å². The third-order valence-electron chi connectivity index (χ3n) is 3.04. The van der Waals surface area contributed by atoms with Crippen molar-refractivity contribution >= 4 is 0 Å². The second-order valence-corrected chi connectivity index (χ2v) is 5.88. The molecule has 1 N–H and O–H groups in total. The fourth-order valence-corrected chi connectivity index (χ4v) is 1.81. The molecule has 0 fully saturated rings. The lowest BCUT2D eigenvalue weighted by Gasteiger charge is -2.30. The van der Waals surface area contributed by atoms with Gasteiger partial charge >= 0.3 is 12.1 Å². The van der Waals surface area contributed by atoms with E-state index in [0.717, 1.165) is 6.92 Å². The van der Waals surface area contributed by atoms with Crippen LogP contribution in [0.15, 0.2) is 24.3 Å². The van der Waals surface area contributed by atoms with Crippen molar-refractivity contribution < 1.29 is 31.8 Å². The second kappa shape index (κ2) is 6.40. The van der Waals surface area contributed by atoms with Gasteiger partial charge in [-0.1, -0.05) is 26.0 Å². The van der Waals surface area contributed by atoms with Gasteiger partial charge in [-0.25, -0.2) is 0 Å². The molecule has 0 bridgehead atoms. The molecular formula is C15H19F5O2. The van der Waals surface area contributed by atoms with E-state index in [1.165, 1.54) is 24.3 Å². The van der Waals surface area contributed by atoms with Crippen molar-refractivity contribution in [2.24, 2.45) is 5.92 Å². The molecule has 1 aromatic rings. The van der Waals surface area contributed by atoms with Gasteiger partial charge in [0, 0.05) is 0 Å². The van der Waals surface area contributed by atoms with Crippen LogP contribution in [0.4, 0.5) is 22.0 Å². The molecule has 126 valence electrons. The fourth-order valence-electron chi connectivity index (χ4n) is 1.81. The molecule has 0 radical (unpaired) electrons. The lowest BCUT2D eigenvalue weighted by molar-refractivity contribution is -0.296. The van der Waals surface area contributed by atoms with Gasteiger partial charge in [0.25, 0.3) is 0 Å². The Hall–Kier alpha value is -1.37. The van der Waals surface area contributed by atoms with Gasteiger partial charge in [-0.2, -0.15) is 22.0 Å². The van der Waals surface area contributed by atoms with E-state index in [1.54, 1.807) is 0 Å². The van der Waals surface area contributed by atoms with Crippen LogP contribution in [0.2, 0.25) is 0 Å². The molecule has 0 amide bonds. The molecule has 0 spiro atoms. The highest BCUT2D eigenvalue weighted by molar-refractivity contribution is 5.30. The minimum absolute atomic E-state index is 0.0340. The smallest absolute Gasteiger partial charge is 0.453 e. The third kappa shape index (κ3) is 4.83. The molecule has 1 unspecified atom stereocenters. The molecule has 0 aliphatic carbocycles. The number of rotatable bonds is 6. The maximum absolute atomic E-state index is 13.1. The van der Waals surface area contributed by atoms with E-state index in [0.29, 0.717) is 12.4 Å². The number of halogens is 5. The molecule has 0 heterocycles. The van der Waals surface area contributed by atoms with Crippen molar-refractivity contribution in [2.75, 3.05) is 6.61 Å². The van der Waals surface area contributed by atoms with Crippen molar-refractivity contribution in [1.29, 1.82) is 0 Å². The summed E-state index contributed by atoms with van der Waals surface area (Å²) in [6, 6.07) is 5.42. The molecular weight excluding hydrogens is 307 g/mol. The van der Waals surface area contributed by atoms with Crippen molar-refractivity contribution in [3.05, 3.63) is 29.8 Å². The van der Waals surface area contributed by atoms with Crippen molar-refractivity contribution in [3.8, 4) is 5.75 Å². The van der Waals surface area contributed by atoms with Crippen LogP contribution in [-0.2, 0) is 5.60 Å². The number of alkyl halides is 5. The first-order valence-electron chi connectivity index (χ1n) is 6.75. The molecule has 1 rings (SSSR count).